The Morgan fingerprint density at radius 2 is 1.84 bits per heavy atom. The lowest BCUT2D eigenvalue weighted by molar-refractivity contribution is -0.141. The summed E-state index contributed by atoms with van der Waals surface area (Å²) in [6.45, 7) is 4.36. The summed E-state index contributed by atoms with van der Waals surface area (Å²) < 4.78 is 11.0. The van der Waals surface area contributed by atoms with Crippen LogP contribution in [-0.4, -0.2) is 47.8 Å². The third kappa shape index (κ3) is 3.83. The summed E-state index contributed by atoms with van der Waals surface area (Å²) in [4.78, 5) is 27.2. The molecule has 3 aliphatic rings. The molecule has 2 aliphatic heterocycles. The van der Waals surface area contributed by atoms with Gasteiger partial charge in [-0.15, -0.1) is 0 Å². The van der Waals surface area contributed by atoms with Gasteiger partial charge in [0.15, 0.2) is 11.5 Å². The molecule has 1 atom stereocenters. The summed E-state index contributed by atoms with van der Waals surface area (Å²) in [5, 5.41) is 6.28. The number of benzene rings is 2. The van der Waals surface area contributed by atoms with Crippen LogP contribution in [0.15, 0.2) is 41.5 Å². The first-order valence-corrected chi connectivity index (χ1v) is 11.0. The van der Waals surface area contributed by atoms with Crippen LogP contribution in [-0.2, 0) is 9.59 Å². The molecule has 0 bridgehead atoms. The Bertz CT molecular complexity index is 1120. The first-order chi connectivity index (χ1) is 15.4. The molecule has 2 aromatic rings. The lowest BCUT2D eigenvalue weighted by Gasteiger charge is -2.25. The van der Waals surface area contributed by atoms with Gasteiger partial charge in [0.25, 0.3) is 5.91 Å². The predicted molar refractivity (Wildman–Crippen MR) is 120 cm³/mol. The molecule has 0 spiro atoms. The minimum absolute atomic E-state index is 0.0140. The zero-order chi connectivity index (χ0) is 22.4. The quantitative estimate of drug-likeness (QED) is 0.723. The number of likely N-dealkylation sites (N-methyl/N-ethyl adjacent to an activating group) is 1. The van der Waals surface area contributed by atoms with Crippen LogP contribution in [0.5, 0.6) is 11.5 Å². The van der Waals surface area contributed by atoms with Gasteiger partial charge in [-0.2, -0.15) is 5.10 Å². The van der Waals surface area contributed by atoms with Crippen molar-refractivity contribution in [1.82, 2.24) is 9.91 Å². The molecule has 0 radical (unpaired) electrons. The highest BCUT2D eigenvalue weighted by Gasteiger charge is 2.37. The summed E-state index contributed by atoms with van der Waals surface area (Å²) in [6.07, 6.45) is 2.42. The van der Waals surface area contributed by atoms with Gasteiger partial charge >= 0.3 is 0 Å². The Hall–Kier alpha value is -3.35. The van der Waals surface area contributed by atoms with E-state index in [2.05, 4.69) is 32.0 Å². The minimum atomic E-state index is -0.266. The number of ether oxygens (including phenoxy) is 2. The third-order valence-corrected chi connectivity index (χ3v) is 6.46. The predicted octanol–water partition coefficient (Wildman–Crippen LogP) is 3.58. The summed E-state index contributed by atoms with van der Waals surface area (Å²) in [7, 11) is 1.69. The lowest BCUT2D eigenvalue weighted by Crippen LogP contribution is -2.39. The SMILES string of the molecule is Cc1ccc(C2=NN(C(=O)CN(C)C(=O)C3CC3)C(c3ccc4c(c3)OCO4)C2)cc1C. The number of fused-ring (bicyclic) bond motifs is 1. The first kappa shape index (κ1) is 20.5. The minimum Gasteiger partial charge on any atom is -0.454 e. The van der Waals surface area contributed by atoms with Crippen LogP contribution < -0.4 is 9.47 Å². The standard InChI is InChI=1S/C25H27N3O4/c1-15-4-5-18(10-16(15)2)20-12-21(19-8-9-22-23(11-19)32-14-31-22)28(26-20)24(29)13-27(3)25(30)17-6-7-17/h4-5,8-11,17,21H,6-7,12-14H2,1-3H3. The Labute approximate surface area is 187 Å². The van der Waals surface area contributed by atoms with E-state index < -0.39 is 0 Å². The molecule has 7 nitrogen and oxygen atoms in total. The first-order valence-electron chi connectivity index (χ1n) is 11.0. The van der Waals surface area contributed by atoms with E-state index in [4.69, 9.17) is 14.6 Å². The maximum atomic E-state index is 13.3. The number of carbonyl (C=O) groups excluding carboxylic acids is 2. The molecule has 32 heavy (non-hydrogen) atoms. The fourth-order valence-corrected chi connectivity index (χ4v) is 4.21. The van der Waals surface area contributed by atoms with E-state index in [1.165, 1.54) is 16.0 Å². The van der Waals surface area contributed by atoms with Crippen LogP contribution in [0.25, 0.3) is 0 Å². The monoisotopic (exact) mass is 433 g/mol. The van der Waals surface area contributed by atoms with Crippen molar-refractivity contribution in [3.63, 3.8) is 0 Å². The van der Waals surface area contributed by atoms with Gasteiger partial charge in [0, 0.05) is 19.4 Å². The molecule has 0 saturated heterocycles. The van der Waals surface area contributed by atoms with Crippen LogP contribution in [0.3, 0.4) is 0 Å². The van der Waals surface area contributed by atoms with Crippen LogP contribution in [0, 0.1) is 19.8 Å². The Morgan fingerprint density at radius 1 is 1.06 bits per heavy atom. The maximum absolute atomic E-state index is 13.3. The number of rotatable bonds is 5. The maximum Gasteiger partial charge on any atom is 0.262 e. The number of amides is 2. The van der Waals surface area contributed by atoms with E-state index in [1.54, 1.807) is 12.1 Å². The third-order valence-electron chi connectivity index (χ3n) is 6.46. The van der Waals surface area contributed by atoms with Crippen LogP contribution in [0.2, 0.25) is 0 Å². The van der Waals surface area contributed by atoms with Gasteiger partial charge in [0.2, 0.25) is 12.7 Å². The Morgan fingerprint density at radius 3 is 2.59 bits per heavy atom. The van der Waals surface area contributed by atoms with E-state index in [1.807, 2.05) is 18.2 Å². The van der Waals surface area contributed by atoms with Gasteiger partial charge in [0.05, 0.1) is 11.8 Å². The van der Waals surface area contributed by atoms with Gasteiger partial charge < -0.3 is 14.4 Å². The van der Waals surface area contributed by atoms with Crippen molar-refractivity contribution in [3.05, 3.63) is 58.7 Å². The topological polar surface area (TPSA) is 71.4 Å². The molecule has 2 heterocycles. The molecule has 0 N–H and O–H groups in total. The normalized spacial score (nSPS) is 19.2. The summed E-state index contributed by atoms with van der Waals surface area (Å²) in [5.74, 6) is 1.30. The van der Waals surface area contributed by atoms with Crippen LogP contribution >= 0.6 is 0 Å². The number of aryl methyl sites for hydroxylation is 2. The van der Waals surface area contributed by atoms with E-state index in [9.17, 15) is 9.59 Å². The summed E-state index contributed by atoms with van der Waals surface area (Å²) in [6, 6.07) is 11.7. The second-order valence-corrected chi connectivity index (χ2v) is 8.89. The van der Waals surface area contributed by atoms with Crippen molar-refractivity contribution in [2.75, 3.05) is 20.4 Å². The van der Waals surface area contributed by atoms with E-state index in [0.29, 0.717) is 17.9 Å². The molecule has 1 fully saturated rings. The molecule has 0 aromatic heterocycles. The highest BCUT2D eigenvalue weighted by Crippen LogP contribution is 2.39. The summed E-state index contributed by atoms with van der Waals surface area (Å²) >= 11 is 0. The van der Waals surface area contributed by atoms with E-state index >= 15 is 0 Å². The zero-order valence-corrected chi connectivity index (χ0v) is 18.6. The van der Waals surface area contributed by atoms with Gasteiger partial charge in [-0.25, -0.2) is 5.01 Å². The van der Waals surface area contributed by atoms with E-state index in [-0.39, 0.29) is 37.1 Å². The molecule has 7 heteroatoms. The smallest absolute Gasteiger partial charge is 0.262 e. The summed E-state index contributed by atoms with van der Waals surface area (Å²) in [5.41, 5.74) is 5.20. The average Bonchev–Trinajstić information content (AvgIpc) is 3.35. The Kier molecular flexibility index (Phi) is 5.12. The second kappa shape index (κ2) is 7.97. The highest BCUT2D eigenvalue weighted by atomic mass is 16.7. The number of carbonyl (C=O) groups is 2. The molecule has 2 amide bonds. The van der Waals surface area contributed by atoms with Gasteiger partial charge in [0.1, 0.15) is 6.54 Å². The fraction of sp³-hybridized carbons (Fsp3) is 0.400. The van der Waals surface area contributed by atoms with Crippen molar-refractivity contribution in [1.29, 1.82) is 0 Å². The number of hydrazone groups is 1. The molecule has 1 saturated carbocycles. The average molecular weight is 434 g/mol. The van der Waals surface area contributed by atoms with Crippen molar-refractivity contribution >= 4 is 17.5 Å². The van der Waals surface area contributed by atoms with Gasteiger partial charge in [-0.1, -0.05) is 18.2 Å². The molecule has 5 rings (SSSR count). The van der Waals surface area contributed by atoms with Crippen molar-refractivity contribution in [3.8, 4) is 11.5 Å². The largest absolute Gasteiger partial charge is 0.454 e. The number of hydrogen-bond donors (Lipinski definition) is 0. The van der Waals surface area contributed by atoms with E-state index in [0.717, 1.165) is 29.7 Å². The van der Waals surface area contributed by atoms with Crippen molar-refractivity contribution in [2.45, 2.75) is 39.2 Å². The lowest BCUT2D eigenvalue weighted by atomic mass is 9.96. The molecule has 1 aliphatic carbocycles. The Balaban J connectivity index is 1.44. The molecule has 2 aromatic carbocycles. The number of hydrogen-bond acceptors (Lipinski definition) is 5. The fourth-order valence-electron chi connectivity index (χ4n) is 4.21. The highest BCUT2D eigenvalue weighted by molar-refractivity contribution is 6.03. The molecular formula is C25H27N3O4. The zero-order valence-electron chi connectivity index (χ0n) is 18.6. The van der Waals surface area contributed by atoms with Crippen LogP contribution in [0.1, 0.15) is 47.6 Å². The number of nitrogens with zero attached hydrogens (tertiary/aromatic N) is 3. The molecule has 1 unspecified atom stereocenters. The van der Waals surface area contributed by atoms with Gasteiger partial charge in [-0.3, -0.25) is 9.59 Å². The van der Waals surface area contributed by atoms with Crippen molar-refractivity contribution in [2.24, 2.45) is 11.0 Å². The van der Waals surface area contributed by atoms with Crippen molar-refractivity contribution < 1.29 is 19.1 Å². The van der Waals surface area contributed by atoms with Crippen LogP contribution in [0.4, 0.5) is 0 Å². The molecule has 166 valence electrons. The molecular weight excluding hydrogens is 406 g/mol. The second-order valence-electron chi connectivity index (χ2n) is 8.89. The van der Waals surface area contributed by atoms with Gasteiger partial charge in [-0.05, 0) is 67.1 Å².